The fraction of sp³-hybridized carbons (Fsp3) is 0.588. The molecule has 5 nitrogen and oxygen atoms in total. The number of benzene rings is 1. The molecular weight excluding hydrogens is 312 g/mol. The molecular formula is C17H28N2O3S. The average molecular weight is 340 g/mol. The van der Waals surface area contributed by atoms with Crippen molar-refractivity contribution in [1.82, 2.24) is 5.32 Å². The zero-order valence-electron chi connectivity index (χ0n) is 14.3. The summed E-state index contributed by atoms with van der Waals surface area (Å²) in [5, 5.41) is 5.50. The maximum atomic E-state index is 11.7. The van der Waals surface area contributed by atoms with E-state index in [0.717, 1.165) is 25.0 Å². The topological polar surface area (TPSA) is 75.3 Å². The van der Waals surface area contributed by atoms with Crippen molar-refractivity contribution in [2.45, 2.75) is 50.8 Å². The summed E-state index contributed by atoms with van der Waals surface area (Å²) in [5.41, 5.74) is 0.576. The summed E-state index contributed by atoms with van der Waals surface area (Å²) in [6, 6.07) is 5.88. The summed E-state index contributed by atoms with van der Waals surface area (Å²) in [4.78, 5) is 12.0. The van der Waals surface area contributed by atoms with Gasteiger partial charge in [0.05, 0.1) is 4.90 Å². The molecule has 0 saturated carbocycles. The fourth-order valence-electron chi connectivity index (χ4n) is 2.19. The molecule has 0 fully saturated rings. The molecule has 6 heteroatoms. The lowest BCUT2D eigenvalue weighted by atomic mass is 10.0. The van der Waals surface area contributed by atoms with Crippen molar-refractivity contribution < 1.29 is 13.2 Å². The Morgan fingerprint density at radius 3 is 2.22 bits per heavy atom. The van der Waals surface area contributed by atoms with Gasteiger partial charge >= 0.3 is 6.03 Å². The third-order valence-corrected chi connectivity index (χ3v) is 4.66. The van der Waals surface area contributed by atoms with E-state index < -0.39 is 9.84 Å². The van der Waals surface area contributed by atoms with E-state index in [1.165, 1.54) is 31.4 Å². The molecule has 0 saturated heterocycles. The average Bonchev–Trinajstić information content (AvgIpc) is 2.45. The van der Waals surface area contributed by atoms with Crippen LogP contribution in [0, 0.1) is 5.92 Å². The largest absolute Gasteiger partial charge is 0.338 e. The van der Waals surface area contributed by atoms with Crippen molar-refractivity contribution >= 4 is 21.6 Å². The number of carbonyl (C=O) groups excluding carboxylic acids is 1. The molecule has 0 radical (unpaired) electrons. The van der Waals surface area contributed by atoms with E-state index in [1.807, 2.05) is 0 Å². The minimum absolute atomic E-state index is 0.241. The zero-order chi connectivity index (χ0) is 17.3. The molecule has 1 aromatic rings. The molecule has 0 aliphatic rings. The van der Waals surface area contributed by atoms with Gasteiger partial charge in [0.2, 0.25) is 0 Å². The van der Waals surface area contributed by atoms with Crippen molar-refractivity contribution in [3.63, 3.8) is 0 Å². The zero-order valence-corrected chi connectivity index (χ0v) is 15.1. The first-order valence-corrected chi connectivity index (χ1v) is 10.0. The van der Waals surface area contributed by atoms with Gasteiger partial charge in [-0.05, 0) is 36.6 Å². The second kappa shape index (κ2) is 9.55. The minimum Gasteiger partial charge on any atom is -0.338 e. The van der Waals surface area contributed by atoms with E-state index in [4.69, 9.17) is 0 Å². The maximum absolute atomic E-state index is 11.7. The van der Waals surface area contributed by atoms with Gasteiger partial charge in [-0.25, -0.2) is 13.2 Å². The van der Waals surface area contributed by atoms with Crippen molar-refractivity contribution in [2.24, 2.45) is 5.92 Å². The number of hydrogen-bond donors (Lipinski definition) is 2. The maximum Gasteiger partial charge on any atom is 0.319 e. The van der Waals surface area contributed by atoms with E-state index in [0.29, 0.717) is 12.2 Å². The lowest BCUT2D eigenvalue weighted by molar-refractivity contribution is 0.252. The Bertz CT molecular complexity index is 580. The van der Waals surface area contributed by atoms with Crippen LogP contribution in [-0.2, 0) is 9.84 Å². The summed E-state index contributed by atoms with van der Waals surface area (Å²) in [6.45, 7) is 5.11. The van der Waals surface area contributed by atoms with Crippen LogP contribution >= 0.6 is 0 Å². The van der Waals surface area contributed by atoms with Crippen LogP contribution in [0.5, 0.6) is 0 Å². The van der Waals surface area contributed by atoms with Crippen molar-refractivity contribution in [1.29, 1.82) is 0 Å². The van der Waals surface area contributed by atoms with Crippen LogP contribution < -0.4 is 10.6 Å². The normalized spacial score (nSPS) is 11.5. The molecule has 0 aromatic heterocycles. The highest BCUT2D eigenvalue weighted by atomic mass is 32.2. The highest BCUT2D eigenvalue weighted by molar-refractivity contribution is 7.90. The van der Waals surface area contributed by atoms with Crippen molar-refractivity contribution in [3.05, 3.63) is 24.3 Å². The van der Waals surface area contributed by atoms with Crippen LogP contribution in [0.15, 0.2) is 29.2 Å². The van der Waals surface area contributed by atoms with Gasteiger partial charge in [-0.3, -0.25) is 0 Å². The van der Waals surface area contributed by atoms with Crippen LogP contribution in [-0.4, -0.2) is 27.2 Å². The Morgan fingerprint density at radius 1 is 1.04 bits per heavy atom. The number of rotatable bonds is 9. The van der Waals surface area contributed by atoms with Gasteiger partial charge in [0, 0.05) is 18.5 Å². The highest BCUT2D eigenvalue weighted by Crippen LogP contribution is 2.13. The van der Waals surface area contributed by atoms with Crippen molar-refractivity contribution in [2.75, 3.05) is 18.1 Å². The van der Waals surface area contributed by atoms with Gasteiger partial charge < -0.3 is 10.6 Å². The quantitative estimate of drug-likeness (QED) is 0.671. The molecule has 2 N–H and O–H groups in total. The van der Waals surface area contributed by atoms with Crippen LogP contribution in [0.2, 0.25) is 0 Å². The molecule has 0 heterocycles. The number of sulfone groups is 1. The second-order valence-corrected chi connectivity index (χ2v) is 8.29. The molecule has 23 heavy (non-hydrogen) atoms. The summed E-state index contributed by atoms with van der Waals surface area (Å²) in [7, 11) is -3.21. The first-order valence-electron chi connectivity index (χ1n) is 8.14. The van der Waals surface area contributed by atoms with Gasteiger partial charge in [-0.15, -0.1) is 0 Å². The van der Waals surface area contributed by atoms with Gasteiger partial charge in [0.1, 0.15) is 0 Å². The SMILES string of the molecule is CC(C)CCCCCCNC(=O)Nc1ccc(S(C)(=O)=O)cc1. The van der Waals surface area contributed by atoms with Gasteiger partial charge in [0.15, 0.2) is 9.84 Å². The van der Waals surface area contributed by atoms with E-state index in [1.54, 1.807) is 12.1 Å². The molecule has 0 spiro atoms. The third-order valence-electron chi connectivity index (χ3n) is 3.53. The Hall–Kier alpha value is -1.56. The molecule has 0 unspecified atom stereocenters. The molecule has 0 bridgehead atoms. The summed E-state index contributed by atoms with van der Waals surface area (Å²) in [5.74, 6) is 0.757. The molecule has 1 rings (SSSR count). The number of nitrogens with one attached hydrogen (secondary N) is 2. The summed E-state index contributed by atoms with van der Waals surface area (Å²) >= 11 is 0. The molecule has 2 amide bonds. The van der Waals surface area contributed by atoms with Crippen LogP contribution in [0.25, 0.3) is 0 Å². The number of amides is 2. The minimum atomic E-state index is -3.21. The second-order valence-electron chi connectivity index (χ2n) is 6.27. The summed E-state index contributed by atoms with van der Waals surface area (Å²) in [6.07, 6.45) is 6.96. The number of hydrogen-bond acceptors (Lipinski definition) is 3. The predicted molar refractivity (Wildman–Crippen MR) is 94.5 cm³/mol. The Morgan fingerprint density at radius 2 is 1.65 bits per heavy atom. The Kier molecular flexibility index (Phi) is 8.09. The molecule has 0 atom stereocenters. The fourth-order valence-corrected chi connectivity index (χ4v) is 2.82. The molecule has 0 aliphatic heterocycles. The van der Waals surface area contributed by atoms with Crippen LogP contribution in [0.4, 0.5) is 10.5 Å². The molecule has 1 aromatic carbocycles. The number of anilines is 1. The highest BCUT2D eigenvalue weighted by Gasteiger charge is 2.07. The van der Waals surface area contributed by atoms with E-state index in [9.17, 15) is 13.2 Å². The van der Waals surface area contributed by atoms with Crippen molar-refractivity contribution in [3.8, 4) is 0 Å². The Balaban J connectivity index is 2.21. The van der Waals surface area contributed by atoms with Crippen LogP contribution in [0.1, 0.15) is 46.0 Å². The van der Waals surface area contributed by atoms with Crippen LogP contribution in [0.3, 0.4) is 0 Å². The van der Waals surface area contributed by atoms with Gasteiger partial charge in [-0.1, -0.05) is 39.5 Å². The first-order chi connectivity index (χ1) is 10.8. The predicted octanol–water partition coefficient (Wildman–Crippen LogP) is 3.82. The first kappa shape index (κ1) is 19.5. The summed E-state index contributed by atoms with van der Waals surface area (Å²) < 4.78 is 22.7. The standard InChI is InChI=1S/C17H28N2O3S/c1-14(2)8-6-4-5-7-13-18-17(20)19-15-9-11-16(12-10-15)23(3,21)22/h9-12,14H,4-8,13H2,1-3H3,(H2,18,19,20). The lowest BCUT2D eigenvalue weighted by Gasteiger charge is -2.08. The van der Waals surface area contributed by atoms with E-state index in [2.05, 4.69) is 24.5 Å². The number of carbonyl (C=O) groups is 1. The van der Waals surface area contributed by atoms with E-state index >= 15 is 0 Å². The van der Waals surface area contributed by atoms with Gasteiger partial charge in [0.25, 0.3) is 0 Å². The lowest BCUT2D eigenvalue weighted by Crippen LogP contribution is -2.29. The smallest absolute Gasteiger partial charge is 0.319 e. The third kappa shape index (κ3) is 8.59. The molecule has 130 valence electrons. The Labute approximate surface area is 139 Å². The number of unbranched alkanes of at least 4 members (excludes halogenated alkanes) is 3. The monoisotopic (exact) mass is 340 g/mol. The van der Waals surface area contributed by atoms with Gasteiger partial charge in [-0.2, -0.15) is 0 Å². The molecule has 0 aliphatic carbocycles. The van der Waals surface area contributed by atoms with E-state index in [-0.39, 0.29) is 10.9 Å². The number of urea groups is 1.